The van der Waals surface area contributed by atoms with Crippen molar-refractivity contribution in [2.24, 2.45) is 0 Å². The van der Waals surface area contributed by atoms with Gasteiger partial charge >= 0.3 is 0 Å². The summed E-state index contributed by atoms with van der Waals surface area (Å²) in [4.78, 5) is 26.7. The zero-order chi connectivity index (χ0) is 13.9. The summed E-state index contributed by atoms with van der Waals surface area (Å²) < 4.78 is 1.26. The van der Waals surface area contributed by atoms with Gasteiger partial charge in [0.25, 0.3) is 5.56 Å². The average molecular weight is 289 g/mol. The van der Waals surface area contributed by atoms with Gasteiger partial charge in [-0.1, -0.05) is 6.07 Å². The van der Waals surface area contributed by atoms with Gasteiger partial charge in [-0.2, -0.15) is 5.10 Å². The number of thiophene rings is 1. The van der Waals surface area contributed by atoms with Crippen molar-refractivity contribution in [3.05, 3.63) is 40.0 Å². The summed E-state index contributed by atoms with van der Waals surface area (Å²) in [5.41, 5.74) is 0.492. The molecule has 3 heterocycles. The SMILES string of the molecule is O=C(Cn1nc(-c2cccs2)ccc1=O)N1CCCC1. The first-order valence-electron chi connectivity index (χ1n) is 6.64. The van der Waals surface area contributed by atoms with E-state index in [4.69, 9.17) is 0 Å². The van der Waals surface area contributed by atoms with Crippen LogP contribution < -0.4 is 5.56 Å². The number of carbonyl (C=O) groups excluding carboxylic acids is 1. The molecule has 5 nitrogen and oxygen atoms in total. The average Bonchev–Trinajstić information content (AvgIpc) is 3.14. The molecule has 1 saturated heterocycles. The Kier molecular flexibility index (Phi) is 3.64. The predicted molar refractivity (Wildman–Crippen MR) is 77.6 cm³/mol. The summed E-state index contributed by atoms with van der Waals surface area (Å²) in [7, 11) is 0. The van der Waals surface area contributed by atoms with E-state index in [1.165, 1.54) is 10.7 Å². The van der Waals surface area contributed by atoms with Gasteiger partial charge in [0.05, 0.1) is 4.88 Å². The van der Waals surface area contributed by atoms with E-state index in [0.717, 1.165) is 36.5 Å². The van der Waals surface area contributed by atoms with Crippen LogP contribution in [0.5, 0.6) is 0 Å². The summed E-state index contributed by atoms with van der Waals surface area (Å²) in [6.45, 7) is 1.61. The maximum absolute atomic E-state index is 12.1. The Morgan fingerprint density at radius 1 is 1.25 bits per heavy atom. The van der Waals surface area contributed by atoms with Crippen molar-refractivity contribution in [3.8, 4) is 10.6 Å². The van der Waals surface area contributed by atoms with Crippen LogP contribution in [0.4, 0.5) is 0 Å². The van der Waals surface area contributed by atoms with E-state index in [-0.39, 0.29) is 18.0 Å². The number of hydrogen-bond acceptors (Lipinski definition) is 4. The van der Waals surface area contributed by atoms with E-state index < -0.39 is 0 Å². The van der Waals surface area contributed by atoms with Crippen LogP contribution in [-0.2, 0) is 11.3 Å². The van der Waals surface area contributed by atoms with Gasteiger partial charge in [-0.05, 0) is 30.4 Å². The highest BCUT2D eigenvalue weighted by molar-refractivity contribution is 7.13. The van der Waals surface area contributed by atoms with Gasteiger partial charge in [-0.25, -0.2) is 4.68 Å². The summed E-state index contributed by atoms with van der Waals surface area (Å²) in [6, 6.07) is 7.06. The molecule has 2 aromatic rings. The lowest BCUT2D eigenvalue weighted by molar-refractivity contribution is -0.131. The fraction of sp³-hybridized carbons (Fsp3) is 0.357. The number of nitrogens with zero attached hydrogens (tertiary/aromatic N) is 3. The highest BCUT2D eigenvalue weighted by Crippen LogP contribution is 2.21. The Hall–Kier alpha value is -1.95. The van der Waals surface area contributed by atoms with Crippen LogP contribution in [0.2, 0.25) is 0 Å². The Labute approximate surface area is 120 Å². The minimum Gasteiger partial charge on any atom is -0.341 e. The second kappa shape index (κ2) is 5.58. The van der Waals surface area contributed by atoms with Crippen LogP contribution in [0.15, 0.2) is 34.4 Å². The lowest BCUT2D eigenvalue weighted by Crippen LogP contribution is -2.35. The molecule has 1 fully saturated rings. The van der Waals surface area contributed by atoms with Crippen LogP contribution in [-0.4, -0.2) is 33.7 Å². The van der Waals surface area contributed by atoms with Crippen LogP contribution in [0, 0.1) is 0 Å². The molecule has 0 atom stereocenters. The van der Waals surface area contributed by atoms with Gasteiger partial charge in [-0.3, -0.25) is 9.59 Å². The third-order valence-electron chi connectivity index (χ3n) is 3.38. The Morgan fingerprint density at radius 2 is 2.05 bits per heavy atom. The Morgan fingerprint density at radius 3 is 2.75 bits per heavy atom. The van der Waals surface area contributed by atoms with E-state index in [2.05, 4.69) is 5.10 Å². The lowest BCUT2D eigenvalue weighted by atomic mass is 10.3. The van der Waals surface area contributed by atoms with Crippen molar-refractivity contribution in [2.45, 2.75) is 19.4 Å². The fourth-order valence-electron chi connectivity index (χ4n) is 2.31. The third-order valence-corrected chi connectivity index (χ3v) is 4.28. The minimum atomic E-state index is -0.238. The number of rotatable bonds is 3. The second-order valence-corrected chi connectivity index (χ2v) is 5.73. The maximum Gasteiger partial charge on any atom is 0.267 e. The van der Waals surface area contributed by atoms with Crippen LogP contribution in [0.3, 0.4) is 0 Å². The number of hydrogen-bond donors (Lipinski definition) is 0. The Balaban J connectivity index is 1.83. The van der Waals surface area contributed by atoms with Crippen LogP contribution in [0.25, 0.3) is 10.6 Å². The number of carbonyl (C=O) groups is 1. The molecule has 2 aromatic heterocycles. The molecule has 1 aliphatic heterocycles. The van der Waals surface area contributed by atoms with Crippen LogP contribution >= 0.6 is 11.3 Å². The molecule has 20 heavy (non-hydrogen) atoms. The van der Waals surface area contributed by atoms with Crippen molar-refractivity contribution in [3.63, 3.8) is 0 Å². The summed E-state index contributed by atoms with van der Waals surface area (Å²) in [5, 5.41) is 6.25. The standard InChI is InChI=1S/C14H15N3O2S/c18-13-6-5-11(12-4-3-9-20-12)15-17(13)10-14(19)16-7-1-2-8-16/h3-6,9H,1-2,7-8,10H2. The monoisotopic (exact) mass is 289 g/mol. The minimum absolute atomic E-state index is 0.0258. The van der Waals surface area contributed by atoms with Gasteiger partial charge in [0.2, 0.25) is 5.91 Å². The van der Waals surface area contributed by atoms with E-state index >= 15 is 0 Å². The van der Waals surface area contributed by atoms with Gasteiger partial charge < -0.3 is 4.90 Å². The molecule has 0 N–H and O–H groups in total. The number of likely N-dealkylation sites (tertiary alicyclic amines) is 1. The molecule has 6 heteroatoms. The van der Waals surface area contributed by atoms with Gasteiger partial charge in [-0.15, -0.1) is 11.3 Å². The molecule has 0 aliphatic carbocycles. The molecule has 0 unspecified atom stereocenters. The zero-order valence-electron chi connectivity index (χ0n) is 11.0. The first kappa shape index (κ1) is 13.1. The van der Waals surface area contributed by atoms with Gasteiger partial charge in [0.15, 0.2) is 0 Å². The molecule has 104 valence electrons. The molecule has 3 rings (SSSR count). The molecular weight excluding hydrogens is 274 g/mol. The van der Waals surface area contributed by atoms with Crippen LogP contribution in [0.1, 0.15) is 12.8 Å². The summed E-state index contributed by atoms with van der Waals surface area (Å²) in [5.74, 6) is -0.0274. The highest BCUT2D eigenvalue weighted by Gasteiger charge is 2.19. The lowest BCUT2D eigenvalue weighted by Gasteiger charge is -2.15. The largest absolute Gasteiger partial charge is 0.341 e. The smallest absolute Gasteiger partial charge is 0.267 e. The van der Waals surface area contributed by atoms with Crippen molar-refractivity contribution in [1.29, 1.82) is 0 Å². The second-order valence-electron chi connectivity index (χ2n) is 4.78. The fourth-order valence-corrected chi connectivity index (χ4v) is 3.00. The molecule has 1 aliphatic rings. The normalized spacial score (nSPS) is 14.7. The summed E-state index contributed by atoms with van der Waals surface area (Å²) in [6.07, 6.45) is 2.09. The molecular formula is C14H15N3O2S. The summed E-state index contributed by atoms with van der Waals surface area (Å²) >= 11 is 1.56. The Bertz CT molecular complexity index is 657. The van der Waals surface area contributed by atoms with E-state index in [0.29, 0.717) is 0 Å². The molecule has 0 spiro atoms. The first-order valence-corrected chi connectivity index (χ1v) is 7.52. The zero-order valence-corrected chi connectivity index (χ0v) is 11.8. The quantitative estimate of drug-likeness (QED) is 0.862. The molecule has 0 radical (unpaired) electrons. The van der Waals surface area contributed by atoms with Crippen molar-refractivity contribution < 1.29 is 4.79 Å². The maximum atomic E-state index is 12.1. The van der Waals surface area contributed by atoms with E-state index in [9.17, 15) is 9.59 Å². The van der Waals surface area contributed by atoms with E-state index in [1.807, 2.05) is 17.5 Å². The highest BCUT2D eigenvalue weighted by atomic mass is 32.1. The van der Waals surface area contributed by atoms with Crippen molar-refractivity contribution >= 4 is 17.2 Å². The van der Waals surface area contributed by atoms with Gasteiger partial charge in [0, 0.05) is 19.2 Å². The number of aromatic nitrogens is 2. The van der Waals surface area contributed by atoms with Crippen molar-refractivity contribution in [2.75, 3.05) is 13.1 Å². The topological polar surface area (TPSA) is 55.2 Å². The van der Waals surface area contributed by atoms with Crippen molar-refractivity contribution in [1.82, 2.24) is 14.7 Å². The van der Waals surface area contributed by atoms with Gasteiger partial charge in [0.1, 0.15) is 12.2 Å². The predicted octanol–water partition coefficient (Wildman–Crippen LogP) is 1.59. The third kappa shape index (κ3) is 2.65. The number of amides is 1. The molecule has 0 saturated carbocycles. The van der Waals surface area contributed by atoms with E-state index in [1.54, 1.807) is 22.3 Å². The molecule has 1 amide bonds. The first-order chi connectivity index (χ1) is 9.74. The molecule has 0 aromatic carbocycles. The molecule has 0 bridgehead atoms.